The number of hydrogen-bond donors (Lipinski definition) is 0. The molecule has 1 aromatic heterocycles. The van der Waals surface area contributed by atoms with Gasteiger partial charge in [0.2, 0.25) is 0 Å². The normalized spacial score (nSPS) is 12.6. The van der Waals surface area contributed by atoms with Gasteiger partial charge in [0.05, 0.1) is 5.69 Å². The molecule has 0 saturated heterocycles. The Balaban J connectivity index is 2.08. The predicted molar refractivity (Wildman–Crippen MR) is 72.0 cm³/mol. The molecule has 2 rings (SSSR count). The summed E-state index contributed by atoms with van der Waals surface area (Å²) < 4.78 is 2.99. The number of aromatic nitrogens is 3. The number of rotatable bonds is 4. The highest BCUT2D eigenvalue weighted by atomic mass is 79.9. The van der Waals surface area contributed by atoms with Crippen molar-refractivity contribution in [3.8, 4) is 0 Å². The van der Waals surface area contributed by atoms with E-state index in [-0.39, 0.29) is 0 Å². The first-order valence-electron chi connectivity index (χ1n) is 5.83. The molecule has 0 aliphatic carbocycles. The van der Waals surface area contributed by atoms with Crippen molar-refractivity contribution in [1.29, 1.82) is 0 Å². The Morgan fingerprint density at radius 1 is 1.41 bits per heavy atom. The molecular weight excluding hydrogens is 278 g/mol. The fourth-order valence-corrected chi connectivity index (χ4v) is 2.25. The van der Waals surface area contributed by atoms with E-state index in [4.69, 9.17) is 0 Å². The fourth-order valence-electron chi connectivity index (χ4n) is 1.83. The van der Waals surface area contributed by atoms with E-state index in [1.165, 1.54) is 5.56 Å². The van der Waals surface area contributed by atoms with Gasteiger partial charge in [-0.25, -0.2) is 0 Å². The van der Waals surface area contributed by atoms with Crippen molar-refractivity contribution in [2.45, 2.75) is 32.7 Å². The van der Waals surface area contributed by atoms with Gasteiger partial charge in [0.1, 0.15) is 0 Å². The summed E-state index contributed by atoms with van der Waals surface area (Å²) in [5.41, 5.74) is 2.38. The summed E-state index contributed by atoms with van der Waals surface area (Å²) in [7, 11) is 0. The molecule has 3 nitrogen and oxygen atoms in total. The zero-order valence-electron chi connectivity index (χ0n) is 10.1. The van der Waals surface area contributed by atoms with Gasteiger partial charge < -0.3 is 0 Å². The number of nitrogens with zero attached hydrogens (tertiary/aromatic N) is 3. The summed E-state index contributed by atoms with van der Waals surface area (Å²) in [5.74, 6) is 0.453. The predicted octanol–water partition coefficient (Wildman–Crippen LogP) is 3.41. The van der Waals surface area contributed by atoms with Crippen molar-refractivity contribution >= 4 is 15.9 Å². The minimum atomic E-state index is 0.453. The summed E-state index contributed by atoms with van der Waals surface area (Å²) in [4.78, 5) is 0. The van der Waals surface area contributed by atoms with E-state index in [1.54, 1.807) is 0 Å². The van der Waals surface area contributed by atoms with Crippen LogP contribution in [0, 0.1) is 0 Å². The van der Waals surface area contributed by atoms with Crippen LogP contribution < -0.4 is 0 Å². The van der Waals surface area contributed by atoms with Crippen molar-refractivity contribution in [3.05, 3.63) is 46.2 Å². The molecule has 1 atom stereocenters. The molecule has 0 bridgehead atoms. The van der Waals surface area contributed by atoms with Gasteiger partial charge in [0.25, 0.3) is 0 Å². The highest BCUT2D eigenvalue weighted by Crippen LogP contribution is 2.22. The first-order valence-corrected chi connectivity index (χ1v) is 6.62. The third-order valence-electron chi connectivity index (χ3n) is 2.84. The summed E-state index contributed by atoms with van der Waals surface area (Å²) >= 11 is 3.50. The molecule has 0 N–H and O–H groups in total. The third-order valence-corrected chi connectivity index (χ3v) is 3.34. The maximum Gasteiger partial charge on any atom is 0.0833 e. The molecule has 17 heavy (non-hydrogen) atoms. The molecule has 0 fully saturated rings. The van der Waals surface area contributed by atoms with E-state index in [0.717, 1.165) is 23.1 Å². The lowest BCUT2D eigenvalue weighted by atomic mass is 9.97. The van der Waals surface area contributed by atoms with Crippen molar-refractivity contribution in [1.82, 2.24) is 15.0 Å². The second-order valence-corrected chi connectivity index (χ2v) is 5.14. The molecule has 0 spiro atoms. The van der Waals surface area contributed by atoms with Crippen LogP contribution >= 0.6 is 15.9 Å². The van der Waals surface area contributed by atoms with Crippen LogP contribution in [-0.4, -0.2) is 15.0 Å². The monoisotopic (exact) mass is 293 g/mol. The van der Waals surface area contributed by atoms with E-state index in [2.05, 4.69) is 58.3 Å². The van der Waals surface area contributed by atoms with Crippen LogP contribution in [0.25, 0.3) is 0 Å². The molecule has 1 heterocycles. The SMILES string of the molecule is CCn1cc(CC(C)c2cccc(Br)c2)nn1. The van der Waals surface area contributed by atoms with Gasteiger partial charge in [-0.15, -0.1) is 5.10 Å². The molecular formula is C13H16BrN3. The molecule has 0 radical (unpaired) electrons. The Morgan fingerprint density at radius 3 is 2.88 bits per heavy atom. The zero-order chi connectivity index (χ0) is 12.3. The Labute approximate surface area is 110 Å². The maximum atomic E-state index is 4.18. The Hall–Kier alpha value is -1.16. The number of benzene rings is 1. The van der Waals surface area contributed by atoms with Gasteiger partial charge in [0.15, 0.2) is 0 Å². The molecule has 0 aliphatic heterocycles. The third kappa shape index (κ3) is 3.16. The van der Waals surface area contributed by atoms with Crippen molar-refractivity contribution in [2.24, 2.45) is 0 Å². The summed E-state index contributed by atoms with van der Waals surface area (Å²) in [6.45, 7) is 5.15. The lowest BCUT2D eigenvalue weighted by molar-refractivity contribution is 0.626. The van der Waals surface area contributed by atoms with Crippen LogP contribution in [0.3, 0.4) is 0 Å². The highest BCUT2D eigenvalue weighted by molar-refractivity contribution is 9.10. The second-order valence-electron chi connectivity index (χ2n) is 4.23. The van der Waals surface area contributed by atoms with Crippen molar-refractivity contribution in [2.75, 3.05) is 0 Å². The average Bonchev–Trinajstić information content (AvgIpc) is 2.77. The summed E-state index contributed by atoms with van der Waals surface area (Å²) in [6, 6.07) is 8.43. The van der Waals surface area contributed by atoms with Crippen LogP contribution in [0.15, 0.2) is 34.9 Å². The van der Waals surface area contributed by atoms with Gasteiger partial charge >= 0.3 is 0 Å². The topological polar surface area (TPSA) is 30.7 Å². The molecule has 0 saturated carbocycles. The Bertz CT molecular complexity index is 493. The standard InChI is InChI=1S/C13H16BrN3/c1-3-17-9-13(15-16-17)7-10(2)11-5-4-6-12(14)8-11/h4-6,8-10H,3,7H2,1-2H3. The van der Waals surface area contributed by atoms with Crippen LogP contribution in [-0.2, 0) is 13.0 Å². The Kier molecular flexibility index (Phi) is 3.94. The lowest BCUT2D eigenvalue weighted by Crippen LogP contribution is -1.98. The maximum absolute atomic E-state index is 4.18. The largest absolute Gasteiger partial charge is 0.253 e. The van der Waals surface area contributed by atoms with Gasteiger partial charge in [0, 0.05) is 17.2 Å². The van der Waals surface area contributed by atoms with E-state index in [1.807, 2.05) is 16.9 Å². The van der Waals surface area contributed by atoms with Crippen LogP contribution in [0.2, 0.25) is 0 Å². The highest BCUT2D eigenvalue weighted by Gasteiger charge is 2.09. The lowest BCUT2D eigenvalue weighted by Gasteiger charge is -2.10. The van der Waals surface area contributed by atoms with E-state index in [9.17, 15) is 0 Å². The molecule has 4 heteroatoms. The molecule has 0 aliphatic rings. The summed E-state index contributed by atoms with van der Waals surface area (Å²) in [5, 5.41) is 8.23. The van der Waals surface area contributed by atoms with E-state index < -0.39 is 0 Å². The minimum Gasteiger partial charge on any atom is -0.253 e. The zero-order valence-corrected chi connectivity index (χ0v) is 11.7. The molecule has 90 valence electrons. The van der Waals surface area contributed by atoms with E-state index >= 15 is 0 Å². The van der Waals surface area contributed by atoms with Gasteiger partial charge in [-0.3, -0.25) is 4.68 Å². The minimum absolute atomic E-state index is 0.453. The van der Waals surface area contributed by atoms with Crippen LogP contribution in [0.4, 0.5) is 0 Å². The van der Waals surface area contributed by atoms with Crippen molar-refractivity contribution < 1.29 is 0 Å². The van der Waals surface area contributed by atoms with Crippen molar-refractivity contribution in [3.63, 3.8) is 0 Å². The van der Waals surface area contributed by atoms with Crippen LogP contribution in [0.5, 0.6) is 0 Å². The van der Waals surface area contributed by atoms with Gasteiger partial charge in [-0.1, -0.05) is 40.2 Å². The molecule has 1 unspecified atom stereocenters. The average molecular weight is 294 g/mol. The van der Waals surface area contributed by atoms with Gasteiger partial charge in [-0.05, 0) is 37.0 Å². The summed E-state index contributed by atoms with van der Waals surface area (Å²) in [6.07, 6.45) is 2.95. The smallest absolute Gasteiger partial charge is 0.0833 e. The quantitative estimate of drug-likeness (QED) is 0.865. The first-order chi connectivity index (χ1) is 8.19. The van der Waals surface area contributed by atoms with Gasteiger partial charge in [-0.2, -0.15) is 0 Å². The second kappa shape index (κ2) is 5.45. The Morgan fingerprint density at radius 2 is 2.24 bits per heavy atom. The molecule has 2 aromatic rings. The molecule has 1 aromatic carbocycles. The van der Waals surface area contributed by atoms with Crippen LogP contribution in [0.1, 0.15) is 31.0 Å². The van der Waals surface area contributed by atoms with E-state index in [0.29, 0.717) is 5.92 Å². The number of halogens is 1. The molecule has 0 amide bonds. The first kappa shape index (κ1) is 12.3. The number of hydrogen-bond acceptors (Lipinski definition) is 2. The number of aryl methyl sites for hydroxylation is 1. The fraction of sp³-hybridized carbons (Fsp3) is 0.385.